The van der Waals surface area contributed by atoms with Crippen molar-refractivity contribution in [2.45, 2.75) is 13.3 Å². The standard InChI is InChI=1S/C26H22N6/c1-16-5-6-19(17-7-10-29-11-8-17)20-14-24(32-23(20)12-16)25(27)21-13-18(15-31-26(21)28)22-4-2-3-9-30-22/h2-11,13-15,27,32H,12H2,1H3,(H2,28,31). The maximum Gasteiger partial charge on any atom is 0.132 e. The molecule has 0 saturated carbocycles. The summed E-state index contributed by atoms with van der Waals surface area (Å²) in [4.78, 5) is 16.3. The second kappa shape index (κ2) is 8.07. The molecule has 0 amide bonds. The lowest BCUT2D eigenvalue weighted by atomic mass is 9.97. The second-order valence-electron chi connectivity index (χ2n) is 7.83. The Hall–Kier alpha value is -4.32. The Morgan fingerprint density at radius 1 is 1.00 bits per heavy atom. The van der Waals surface area contributed by atoms with Gasteiger partial charge < -0.3 is 10.7 Å². The van der Waals surface area contributed by atoms with Gasteiger partial charge in [-0.1, -0.05) is 23.8 Å². The summed E-state index contributed by atoms with van der Waals surface area (Å²) in [7, 11) is 0. The first-order valence-electron chi connectivity index (χ1n) is 10.4. The minimum atomic E-state index is 0.302. The average molecular weight is 419 g/mol. The smallest absolute Gasteiger partial charge is 0.132 e. The molecule has 32 heavy (non-hydrogen) atoms. The van der Waals surface area contributed by atoms with E-state index >= 15 is 0 Å². The quantitative estimate of drug-likeness (QED) is 0.414. The SMILES string of the molecule is CC1=CC=C(c2ccncc2)c2cc(C(=N)c3cc(-c4ccccn4)cnc3N)[nH]c2C1. The highest BCUT2D eigenvalue weighted by molar-refractivity contribution is 6.13. The summed E-state index contributed by atoms with van der Waals surface area (Å²) in [5.74, 6) is 0.320. The van der Waals surface area contributed by atoms with Gasteiger partial charge in [0.2, 0.25) is 0 Å². The van der Waals surface area contributed by atoms with Crippen molar-refractivity contribution in [3.63, 3.8) is 0 Å². The lowest BCUT2D eigenvalue weighted by Crippen LogP contribution is -2.08. The Bertz CT molecular complexity index is 1360. The molecule has 0 bridgehead atoms. The van der Waals surface area contributed by atoms with Gasteiger partial charge in [0.05, 0.1) is 17.1 Å². The van der Waals surface area contributed by atoms with Crippen molar-refractivity contribution in [1.82, 2.24) is 19.9 Å². The Morgan fingerprint density at radius 3 is 2.62 bits per heavy atom. The summed E-state index contributed by atoms with van der Waals surface area (Å²) < 4.78 is 0. The normalized spacial score (nSPS) is 13.0. The van der Waals surface area contributed by atoms with Crippen LogP contribution in [0.3, 0.4) is 0 Å². The van der Waals surface area contributed by atoms with Gasteiger partial charge in [0.25, 0.3) is 0 Å². The van der Waals surface area contributed by atoms with Gasteiger partial charge in [0, 0.05) is 53.6 Å². The summed E-state index contributed by atoms with van der Waals surface area (Å²) >= 11 is 0. The number of nitrogen functional groups attached to an aromatic ring is 1. The molecule has 0 radical (unpaired) electrons. The van der Waals surface area contributed by atoms with Crippen LogP contribution >= 0.6 is 0 Å². The number of pyridine rings is 3. The monoisotopic (exact) mass is 418 g/mol. The highest BCUT2D eigenvalue weighted by atomic mass is 14.8. The van der Waals surface area contributed by atoms with Crippen LogP contribution in [-0.2, 0) is 6.42 Å². The van der Waals surface area contributed by atoms with E-state index in [-0.39, 0.29) is 0 Å². The van der Waals surface area contributed by atoms with Crippen LogP contribution in [0.5, 0.6) is 0 Å². The molecule has 0 atom stereocenters. The molecule has 156 valence electrons. The number of nitrogens with zero attached hydrogens (tertiary/aromatic N) is 3. The average Bonchev–Trinajstić information content (AvgIpc) is 3.16. The molecule has 0 saturated heterocycles. The number of aromatic nitrogens is 4. The van der Waals surface area contributed by atoms with Crippen LogP contribution in [0.15, 0.2) is 85.0 Å². The van der Waals surface area contributed by atoms with E-state index in [1.807, 2.05) is 42.5 Å². The third-order valence-corrected chi connectivity index (χ3v) is 5.59. The molecule has 0 spiro atoms. The molecule has 0 aromatic carbocycles. The van der Waals surface area contributed by atoms with E-state index in [4.69, 9.17) is 11.1 Å². The maximum atomic E-state index is 8.91. The first-order chi connectivity index (χ1) is 15.6. The molecule has 0 unspecified atom stereocenters. The van der Waals surface area contributed by atoms with E-state index in [1.54, 1.807) is 24.8 Å². The fraction of sp³-hybridized carbons (Fsp3) is 0.0769. The van der Waals surface area contributed by atoms with E-state index in [9.17, 15) is 0 Å². The van der Waals surface area contributed by atoms with E-state index in [2.05, 4.69) is 39.0 Å². The van der Waals surface area contributed by atoms with E-state index in [1.165, 1.54) is 5.57 Å². The van der Waals surface area contributed by atoms with Crippen LogP contribution in [-0.4, -0.2) is 25.6 Å². The third kappa shape index (κ3) is 3.63. The molecule has 4 aromatic rings. The van der Waals surface area contributed by atoms with Crippen molar-refractivity contribution in [3.05, 3.63) is 113 Å². The number of fused-ring (bicyclic) bond motifs is 1. The summed E-state index contributed by atoms with van der Waals surface area (Å²) in [5, 5.41) is 8.91. The molecule has 6 nitrogen and oxygen atoms in total. The molecular weight excluding hydrogens is 396 g/mol. The van der Waals surface area contributed by atoms with E-state index in [0.717, 1.165) is 40.1 Å². The molecule has 4 N–H and O–H groups in total. The van der Waals surface area contributed by atoms with Gasteiger partial charge in [0.1, 0.15) is 5.82 Å². The van der Waals surface area contributed by atoms with Gasteiger partial charge in [-0.05, 0) is 54.5 Å². The van der Waals surface area contributed by atoms with Crippen LogP contribution in [0.4, 0.5) is 5.82 Å². The van der Waals surface area contributed by atoms with Crippen LogP contribution in [0.1, 0.15) is 35.0 Å². The van der Waals surface area contributed by atoms with Gasteiger partial charge in [-0.25, -0.2) is 4.98 Å². The van der Waals surface area contributed by atoms with Gasteiger partial charge >= 0.3 is 0 Å². The minimum absolute atomic E-state index is 0.302. The summed E-state index contributed by atoms with van der Waals surface area (Å²) in [6.07, 6.45) is 12.1. The number of nitrogens with one attached hydrogen (secondary N) is 2. The fourth-order valence-corrected chi connectivity index (χ4v) is 3.94. The number of rotatable bonds is 4. The van der Waals surface area contributed by atoms with Crippen molar-refractivity contribution in [2.24, 2.45) is 0 Å². The van der Waals surface area contributed by atoms with E-state index < -0.39 is 0 Å². The predicted octanol–water partition coefficient (Wildman–Crippen LogP) is 4.80. The highest BCUT2D eigenvalue weighted by Crippen LogP contribution is 2.32. The van der Waals surface area contributed by atoms with Crippen molar-refractivity contribution >= 4 is 17.1 Å². The van der Waals surface area contributed by atoms with Gasteiger partial charge in [0.15, 0.2) is 0 Å². The lowest BCUT2D eigenvalue weighted by Gasteiger charge is -2.08. The number of allylic oxidation sites excluding steroid dienone is 3. The third-order valence-electron chi connectivity index (χ3n) is 5.59. The van der Waals surface area contributed by atoms with Crippen molar-refractivity contribution in [2.75, 3.05) is 5.73 Å². The Labute approximate surface area is 186 Å². The first kappa shape index (κ1) is 19.6. The largest absolute Gasteiger partial charge is 0.383 e. The zero-order chi connectivity index (χ0) is 22.1. The summed E-state index contributed by atoms with van der Waals surface area (Å²) in [6.45, 7) is 2.11. The molecule has 0 aliphatic heterocycles. The molecule has 1 aliphatic rings. The number of nitrogens with two attached hydrogens (primary N) is 1. The number of H-pyrrole nitrogens is 1. The van der Waals surface area contributed by atoms with Crippen LogP contribution < -0.4 is 5.73 Å². The van der Waals surface area contributed by atoms with Gasteiger partial charge in [-0.3, -0.25) is 15.4 Å². The Balaban J connectivity index is 1.57. The number of anilines is 1. The predicted molar refractivity (Wildman–Crippen MR) is 127 cm³/mol. The highest BCUT2D eigenvalue weighted by Gasteiger charge is 2.20. The molecular formula is C26H22N6. The summed E-state index contributed by atoms with van der Waals surface area (Å²) in [6, 6.07) is 13.6. The van der Waals surface area contributed by atoms with Gasteiger partial charge in [-0.15, -0.1) is 0 Å². The van der Waals surface area contributed by atoms with E-state index in [0.29, 0.717) is 22.8 Å². The second-order valence-corrected chi connectivity index (χ2v) is 7.83. The first-order valence-corrected chi connectivity index (χ1v) is 10.4. The fourth-order valence-electron chi connectivity index (χ4n) is 3.94. The molecule has 4 aromatic heterocycles. The zero-order valence-electron chi connectivity index (χ0n) is 17.6. The summed E-state index contributed by atoms with van der Waals surface area (Å²) in [5.41, 5.74) is 15.0. The number of aromatic amines is 1. The van der Waals surface area contributed by atoms with Crippen LogP contribution in [0.2, 0.25) is 0 Å². The van der Waals surface area contributed by atoms with Crippen LogP contribution in [0.25, 0.3) is 16.8 Å². The van der Waals surface area contributed by atoms with Crippen molar-refractivity contribution < 1.29 is 0 Å². The van der Waals surface area contributed by atoms with Crippen LogP contribution in [0, 0.1) is 5.41 Å². The maximum absolute atomic E-state index is 8.91. The molecule has 4 heterocycles. The molecule has 0 fully saturated rings. The Kier molecular flexibility index (Phi) is 4.95. The topological polar surface area (TPSA) is 104 Å². The molecule has 6 heteroatoms. The number of hydrogen-bond donors (Lipinski definition) is 3. The molecule has 5 rings (SSSR count). The zero-order valence-corrected chi connectivity index (χ0v) is 17.6. The molecule has 1 aliphatic carbocycles. The minimum Gasteiger partial charge on any atom is -0.383 e. The number of hydrogen-bond acceptors (Lipinski definition) is 5. The van der Waals surface area contributed by atoms with Crippen molar-refractivity contribution in [3.8, 4) is 11.3 Å². The van der Waals surface area contributed by atoms with Crippen molar-refractivity contribution in [1.29, 1.82) is 5.41 Å². The van der Waals surface area contributed by atoms with Gasteiger partial charge in [-0.2, -0.15) is 0 Å². The lowest BCUT2D eigenvalue weighted by molar-refractivity contribution is 1.07. The Morgan fingerprint density at radius 2 is 1.84 bits per heavy atom.